The zero-order valence-corrected chi connectivity index (χ0v) is 11.7. The van der Waals surface area contributed by atoms with E-state index >= 15 is 0 Å². The molecule has 0 unspecified atom stereocenters. The second-order valence-corrected chi connectivity index (χ2v) is 5.94. The van der Waals surface area contributed by atoms with Gasteiger partial charge < -0.3 is 5.11 Å². The number of sulfonamides is 1. The first-order valence-corrected chi connectivity index (χ1v) is 7.73. The molecule has 2 N–H and O–H groups in total. The van der Waals surface area contributed by atoms with E-state index in [-0.39, 0.29) is 23.8 Å². The maximum Gasteiger partial charge on any atom is 0.240 e. The second kappa shape index (κ2) is 7.37. The highest BCUT2D eigenvalue weighted by atomic mass is 32.2. The molecule has 0 aliphatic carbocycles. The molecule has 0 saturated heterocycles. The van der Waals surface area contributed by atoms with Gasteiger partial charge in [-0.05, 0) is 25.0 Å². The summed E-state index contributed by atoms with van der Waals surface area (Å²) < 4.78 is 26.0. The molecular formula is C13H19NO4S. The third-order valence-corrected chi connectivity index (χ3v) is 4.07. The summed E-state index contributed by atoms with van der Waals surface area (Å²) in [4.78, 5) is 11.7. The van der Waals surface area contributed by atoms with Gasteiger partial charge in [-0.2, -0.15) is 0 Å². The lowest BCUT2D eigenvalue weighted by Crippen LogP contribution is -2.25. The molecule has 0 aromatic heterocycles. The van der Waals surface area contributed by atoms with Crippen LogP contribution in [-0.2, 0) is 10.0 Å². The lowest BCUT2D eigenvalue weighted by atomic mass is 10.1. The van der Waals surface area contributed by atoms with Crippen molar-refractivity contribution in [3.8, 4) is 0 Å². The van der Waals surface area contributed by atoms with Gasteiger partial charge in [-0.15, -0.1) is 0 Å². The molecule has 106 valence electrons. The number of hydrogen-bond acceptors (Lipinski definition) is 4. The number of rotatable bonds is 8. The Kier molecular flexibility index (Phi) is 6.14. The number of Topliss-reactive ketones (excluding diaryl/α,β-unsaturated/α-hetero) is 1. The molecule has 0 atom stereocenters. The van der Waals surface area contributed by atoms with Gasteiger partial charge in [-0.1, -0.05) is 19.1 Å². The fraction of sp³-hybridized carbons (Fsp3) is 0.462. The summed E-state index contributed by atoms with van der Waals surface area (Å²) in [5.41, 5.74) is 0.524. The summed E-state index contributed by atoms with van der Waals surface area (Å²) in [6, 6.07) is 5.89. The van der Waals surface area contributed by atoms with E-state index in [1.807, 2.05) is 6.92 Å². The van der Waals surface area contributed by atoms with Gasteiger partial charge in [0.25, 0.3) is 0 Å². The number of aliphatic hydroxyl groups is 1. The molecule has 5 nitrogen and oxygen atoms in total. The first-order valence-electron chi connectivity index (χ1n) is 6.25. The Bertz CT molecular complexity index is 508. The van der Waals surface area contributed by atoms with Gasteiger partial charge in [-0.25, -0.2) is 13.1 Å². The number of carbonyl (C=O) groups is 1. The molecule has 0 spiro atoms. The molecule has 0 bridgehead atoms. The third-order valence-electron chi connectivity index (χ3n) is 2.59. The van der Waals surface area contributed by atoms with E-state index in [1.165, 1.54) is 24.3 Å². The summed E-state index contributed by atoms with van der Waals surface area (Å²) in [7, 11) is -3.56. The van der Waals surface area contributed by atoms with Crippen LogP contribution in [0.3, 0.4) is 0 Å². The Balaban J connectivity index is 2.77. The molecule has 19 heavy (non-hydrogen) atoms. The Morgan fingerprint density at radius 3 is 2.42 bits per heavy atom. The number of carbonyl (C=O) groups excluding carboxylic acids is 1. The van der Waals surface area contributed by atoms with Crippen molar-refractivity contribution >= 4 is 15.8 Å². The van der Waals surface area contributed by atoms with E-state index in [0.717, 1.165) is 6.42 Å². The van der Waals surface area contributed by atoms with Crippen LogP contribution >= 0.6 is 0 Å². The highest BCUT2D eigenvalue weighted by molar-refractivity contribution is 7.89. The first kappa shape index (κ1) is 15.8. The highest BCUT2D eigenvalue weighted by Gasteiger charge is 2.13. The van der Waals surface area contributed by atoms with Crippen molar-refractivity contribution < 1.29 is 18.3 Å². The SMILES string of the molecule is CCCC(=O)c1ccc(S(=O)(=O)NCCCO)cc1. The van der Waals surface area contributed by atoms with Crippen molar-refractivity contribution in [3.05, 3.63) is 29.8 Å². The molecule has 0 aliphatic rings. The van der Waals surface area contributed by atoms with E-state index in [1.54, 1.807) is 0 Å². The molecule has 0 saturated carbocycles. The third kappa shape index (κ3) is 4.74. The fourth-order valence-corrected chi connectivity index (χ4v) is 2.63. The van der Waals surface area contributed by atoms with Crippen molar-refractivity contribution in [2.24, 2.45) is 0 Å². The number of ketones is 1. The van der Waals surface area contributed by atoms with Crippen molar-refractivity contribution in [3.63, 3.8) is 0 Å². The van der Waals surface area contributed by atoms with Crippen LogP contribution in [-0.4, -0.2) is 32.5 Å². The molecule has 1 aromatic carbocycles. The van der Waals surface area contributed by atoms with Gasteiger partial charge in [-0.3, -0.25) is 4.79 Å². The Morgan fingerprint density at radius 2 is 1.89 bits per heavy atom. The van der Waals surface area contributed by atoms with Crippen LogP contribution in [0.25, 0.3) is 0 Å². The fourth-order valence-electron chi connectivity index (χ4n) is 1.56. The molecule has 0 heterocycles. The Labute approximate surface area is 113 Å². The van der Waals surface area contributed by atoms with Gasteiger partial charge in [0.05, 0.1) is 4.90 Å². The molecule has 0 amide bonds. The number of aliphatic hydroxyl groups excluding tert-OH is 1. The van der Waals surface area contributed by atoms with Gasteiger partial charge in [0.15, 0.2) is 5.78 Å². The monoisotopic (exact) mass is 285 g/mol. The van der Waals surface area contributed by atoms with Crippen LogP contribution in [0.5, 0.6) is 0 Å². The normalized spacial score (nSPS) is 11.5. The lowest BCUT2D eigenvalue weighted by molar-refractivity contribution is 0.0981. The van der Waals surface area contributed by atoms with Crippen LogP contribution < -0.4 is 4.72 Å². The first-order chi connectivity index (χ1) is 9.01. The molecule has 6 heteroatoms. The van der Waals surface area contributed by atoms with Crippen molar-refractivity contribution in [1.29, 1.82) is 0 Å². The average Bonchev–Trinajstić information content (AvgIpc) is 2.39. The van der Waals surface area contributed by atoms with Gasteiger partial charge >= 0.3 is 0 Å². The minimum absolute atomic E-state index is 0.0136. The summed E-state index contributed by atoms with van der Waals surface area (Å²) in [6.45, 7) is 2.05. The molecule has 0 aliphatic heterocycles. The second-order valence-electron chi connectivity index (χ2n) is 4.17. The van der Waals surface area contributed by atoms with E-state index in [2.05, 4.69) is 4.72 Å². The summed E-state index contributed by atoms with van der Waals surface area (Å²) >= 11 is 0. The van der Waals surface area contributed by atoms with E-state index in [0.29, 0.717) is 18.4 Å². The van der Waals surface area contributed by atoms with Crippen LogP contribution in [0.15, 0.2) is 29.2 Å². The standard InChI is InChI=1S/C13H19NO4S/c1-2-4-13(16)11-5-7-12(8-6-11)19(17,18)14-9-3-10-15/h5-8,14-15H,2-4,9-10H2,1H3. The smallest absolute Gasteiger partial charge is 0.240 e. The van der Waals surface area contributed by atoms with Crippen molar-refractivity contribution in [1.82, 2.24) is 4.72 Å². The molecule has 1 rings (SSSR count). The molecule has 0 radical (unpaired) electrons. The summed E-state index contributed by atoms with van der Waals surface area (Å²) in [6.07, 6.45) is 1.59. The van der Waals surface area contributed by atoms with Crippen LogP contribution in [0, 0.1) is 0 Å². The predicted octanol–water partition coefficient (Wildman–Crippen LogP) is 1.33. The zero-order chi connectivity index (χ0) is 14.3. The molecule has 0 fully saturated rings. The largest absolute Gasteiger partial charge is 0.396 e. The number of nitrogens with one attached hydrogen (secondary N) is 1. The van der Waals surface area contributed by atoms with E-state index < -0.39 is 10.0 Å². The van der Waals surface area contributed by atoms with E-state index in [9.17, 15) is 13.2 Å². The summed E-state index contributed by atoms with van der Waals surface area (Å²) in [5.74, 6) is 0.0136. The predicted molar refractivity (Wildman–Crippen MR) is 72.6 cm³/mol. The zero-order valence-electron chi connectivity index (χ0n) is 10.9. The van der Waals surface area contributed by atoms with E-state index in [4.69, 9.17) is 5.11 Å². The van der Waals surface area contributed by atoms with Crippen molar-refractivity contribution in [2.75, 3.05) is 13.2 Å². The van der Waals surface area contributed by atoms with Gasteiger partial charge in [0.1, 0.15) is 0 Å². The summed E-state index contributed by atoms with van der Waals surface area (Å²) in [5, 5.41) is 8.61. The minimum Gasteiger partial charge on any atom is -0.396 e. The average molecular weight is 285 g/mol. The minimum atomic E-state index is -3.56. The van der Waals surface area contributed by atoms with Crippen LogP contribution in [0.2, 0.25) is 0 Å². The lowest BCUT2D eigenvalue weighted by Gasteiger charge is -2.06. The maximum atomic E-state index is 11.8. The van der Waals surface area contributed by atoms with Gasteiger partial charge in [0, 0.05) is 25.1 Å². The van der Waals surface area contributed by atoms with Crippen LogP contribution in [0.1, 0.15) is 36.5 Å². The Hall–Kier alpha value is -1.24. The highest BCUT2D eigenvalue weighted by Crippen LogP contribution is 2.12. The number of hydrogen-bond donors (Lipinski definition) is 2. The number of benzene rings is 1. The molecule has 1 aromatic rings. The van der Waals surface area contributed by atoms with Crippen molar-refractivity contribution in [2.45, 2.75) is 31.1 Å². The quantitative estimate of drug-likeness (QED) is 0.557. The van der Waals surface area contributed by atoms with Crippen LogP contribution in [0.4, 0.5) is 0 Å². The molecular weight excluding hydrogens is 266 g/mol. The maximum absolute atomic E-state index is 11.8. The topological polar surface area (TPSA) is 83.5 Å². The van der Waals surface area contributed by atoms with Gasteiger partial charge in [0.2, 0.25) is 10.0 Å². The Morgan fingerprint density at radius 1 is 1.26 bits per heavy atom.